The lowest BCUT2D eigenvalue weighted by Crippen LogP contribution is -2.39. The normalized spacial score (nSPS) is 14.9. The molecular formula is C25H32N4O5. The van der Waals surface area contributed by atoms with Crippen molar-refractivity contribution in [3.63, 3.8) is 0 Å². The first-order valence-electron chi connectivity index (χ1n) is 11.4. The number of aromatic nitrogens is 3. The molecule has 1 N–H and O–H groups in total. The monoisotopic (exact) mass is 468 g/mol. The Balaban J connectivity index is 1.64. The number of carbonyl (C=O) groups is 1. The van der Waals surface area contributed by atoms with Crippen molar-refractivity contribution in [2.45, 2.75) is 20.3 Å². The number of morpholine rings is 1. The average molecular weight is 469 g/mol. The minimum absolute atomic E-state index is 0.0448. The number of ether oxygens (including phenoxy) is 4. The Bertz CT molecular complexity index is 1140. The molecule has 1 saturated heterocycles. The molecule has 1 fully saturated rings. The third kappa shape index (κ3) is 4.71. The Morgan fingerprint density at radius 1 is 1.12 bits per heavy atom. The number of Topliss-reactive ketones (excluding diaryl/α,β-unsaturated/α-hetero) is 1. The number of hydrogen-bond acceptors (Lipinski definition) is 8. The Morgan fingerprint density at radius 2 is 1.79 bits per heavy atom. The first-order valence-corrected chi connectivity index (χ1v) is 11.4. The van der Waals surface area contributed by atoms with Gasteiger partial charge in [-0.1, -0.05) is 13.8 Å². The van der Waals surface area contributed by atoms with Crippen LogP contribution in [0.15, 0.2) is 24.5 Å². The molecule has 3 aromatic rings. The maximum absolute atomic E-state index is 13.6. The van der Waals surface area contributed by atoms with Crippen LogP contribution < -0.4 is 14.2 Å². The summed E-state index contributed by atoms with van der Waals surface area (Å²) in [4.78, 5) is 28.3. The number of nitrogens with zero attached hydrogens (tertiary/aromatic N) is 3. The van der Waals surface area contributed by atoms with Crippen molar-refractivity contribution >= 4 is 16.9 Å². The smallest absolute Gasteiger partial charge is 0.203 e. The molecule has 0 unspecified atom stereocenters. The van der Waals surface area contributed by atoms with E-state index in [9.17, 15) is 4.79 Å². The van der Waals surface area contributed by atoms with Gasteiger partial charge < -0.3 is 23.9 Å². The minimum Gasteiger partial charge on any atom is -0.493 e. The maximum atomic E-state index is 13.6. The van der Waals surface area contributed by atoms with E-state index in [1.165, 1.54) is 0 Å². The van der Waals surface area contributed by atoms with Gasteiger partial charge in [0, 0.05) is 30.3 Å². The Kier molecular flexibility index (Phi) is 7.04. The van der Waals surface area contributed by atoms with Crippen molar-refractivity contribution in [2.24, 2.45) is 5.41 Å². The molecule has 3 heterocycles. The Morgan fingerprint density at radius 3 is 2.41 bits per heavy atom. The molecule has 0 amide bonds. The van der Waals surface area contributed by atoms with Gasteiger partial charge in [0.2, 0.25) is 5.75 Å². The molecule has 182 valence electrons. The van der Waals surface area contributed by atoms with Crippen molar-refractivity contribution < 1.29 is 23.7 Å². The highest BCUT2D eigenvalue weighted by atomic mass is 16.5. The van der Waals surface area contributed by atoms with Gasteiger partial charge >= 0.3 is 0 Å². The first kappa shape index (κ1) is 24.0. The van der Waals surface area contributed by atoms with Crippen LogP contribution >= 0.6 is 0 Å². The summed E-state index contributed by atoms with van der Waals surface area (Å²) in [6.45, 7) is 8.14. The SMILES string of the molecule is COc1cc(-c2cnc3[nH]cc(C(=O)C(C)(C)CCN4CCOCC4)c3n2)cc(OC)c1OC. The van der Waals surface area contributed by atoms with Gasteiger partial charge in [0.05, 0.1) is 52.0 Å². The molecule has 0 atom stereocenters. The Labute approximate surface area is 199 Å². The second kappa shape index (κ2) is 9.99. The molecule has 0 saturated carbocycles. The van der Waals surface area contributed by atoms with Crippen LogP contribution in [0.25, 0.3) is 22.4 Å². The summed E-state index contributed by atoms with van der Waals surface area (Å²) in [6.07, 6.45) is 4.12. The fourth-order valence-electron chi connectivity index (χ4n) is 4.17. The predicted molar refractivity (Wildman–Crippen MR) is 129 cm³/mol. The summed E-state index contributed by atoms with van der Waals surface area (Å²) in [5.41, 5.74) is 2.47. The van der Waals surface area contributed by atoms with Crippen LogP contribution in [0, 0.1) is 5.41 Å². The van der Waals surface area contributed by atoms with E-state index >= 15 is 0 Å². The molecule has 4 rings (SSSR count). The molecule has 0 spiro atoms. The molecule has 2 aromatic heterocycles. The lowest BCUT2D eigenvalue weighted by atomic mass is 9.81. The van der Waals surface area contributed by atoms with Crippen LogP contribution in [-0.4, -0.2) is 79.8 Å². The van der Waals surface area contributed by atoms with E-state index in [1.807, 2.05) is 26.0 Å². The van der Waals surface area contributed by atoms with Crippen molar-refractivity contribution in [3.8, 4) is 28.5 Å². The lowest BCUT2D eigenvalue weighted by molar-refractivity contribution is 0.0324. The van der Waals surface area contributed by atoms with Crippen LogP contribution in [0.2, 0.25) is 0 Å². The number of methoxy groups -OCH3 is 3. The number of nitrogens with one attached hydrogen (secondary N) is 1. The fraction of sp³-hybridized carbons (Fsp3) is 0.480. The van der Waals surface area contributed by atoms with E-state index in [1.54, 1.807) is 33.7 Å². The van der Waals surface area contributed by atoms with Crippen LogP contribution in [0.5, 0.6) is 17.2 Å². The van der Waals surface area contributed by atoms with E-state index in [2.05, 4.69) is 14.9 Å². The van der Waals surface area contributed by atoms with Gasteiger partial charge in [0.25, 0.3) is 0 Å². The van der Waals surface area contributed by atoms with Crippen molar-refractivity contribution in [1.29, 1.82) is 0 Å². The molecule has 0 radical (unpaired) electrons. The molecule has 0 aliphatic carbocycles. The van der Waals surface area contributed by atoms with Crippen LogP contribution in [-0.2, 0) is 4.74 Å². The standard InChI is InChI=1S/C25H32N4O5/c1-25(2,6-7-29-8-10-34-11-9-29)23(30)17-14-26-24-21(17)28-18(15-27-24)16-12-19(31-3)22(33-5)20(13-16)32-4/h12-15H,6-11H2,1-5H3,(H,26,27). The molecule has 34 heavy (non-hydrogen) atoms. The fourth-order valence-corrected chi connectivity index (χ4v) is 4.17. The van der Waals surface area contributed by atoms with Gasteiger partial charge in [-0.05, 0) is 25.1 Å². The number of benzene rings is 1. The van der Waals surface area contributed by atoms with E-state index in [0.29, 0.717) is 39.7 Å². The molecule has 1 aliphatic heterocycles. The third-order valence-electron chi connectivity index (χ3n) is 6.36. The highest BCUT2D eigenvalue weighted by molar-refractivity contribution is 6.08. The summed E-state index contributed by atoms with van der Waals surface area (Å²) in [5.74, 6) is 1.59. The van der Waals surface area contributed by atoms with Crippen LogP contribution in [0.4, 0.5) is 0 Å². The molecule has 9 nitrogen and oxygen atoms in total. The van der Waals surface area contributed by atoms with Crippen molar-refractivity contribution in [2.75, 3.05) is 54.2 Å². The zero-order valence-electron chi connectivity index (χ0n) is 20.4. The molecule has 1 aliphatic rings. The number of hydrogen-bond donors (Lipinski definition) is 1. The van der Waals surface area contributed by atoms with Gasteiger partial charge in [-0.15, -0.1) is 0 Å². The van der Waals surface area contributed by atoms with E-state index < -0.39 is 5.41 Å². The second-order valence-electron chi connectivity index (χ2n) is 8.99. The number of rotatable bonds is 9. The Hall–Kier alpha value is -3.17. The second-order valence-corrected chi connectivity index (χ2v) is 8.99. The topological polar surface area (TPSA) is 98.8 Å². The first-order chi connectivity index (χ1) is 16.4. The van der Waals surface area contributed by atoms with Crippen LogP contribution in [0.3, 0.4) is 0 Å². The summed E-state index contributed by atoms with van der Waals surface area (Å²) >= 11 is 0. The average Bonchev–Trinajstić information content (AvgIpc) is 3.29. The van der Waals surface area contributed by atoms with Gasteiger partial charge in [0.1, 0.15) is 5.52 Å². The lowest BCUT2D eigenvalue weighted by Gasteiger charge is -2.30. The van der Waals surface area contributed by atoms with E-state index in [0.717, 1.165) is 44.8 Å². The van der Waals surface area contributed by atoms with Crippen molar-refractivity contribution in [1.82, 2.24) is 19.9 Å². The summed E-state index contributed by atoms with van der Waals surface area (Å²) in [7, 11) is 4.69. The maximum Gasteiger partial charge on any atom is 0.203 e. The van der Waals surface area contributed by atoms with Gasteiger partial charge in [0.15, 0.2) is 22.9 Å². The minimum atomic E-state index is -0.544. The molecule has 0 bridgehead atoms. The summed E-state index contributed by atoms with van der Waals surface area (Å²) < 4.78 is 21.8. The van der Waals surface area contributed by atoms with E-state index in [-0.39, 0.29) is 5.78 Å². The highest BCUT2D eigenvalue weighted by Crippen LogP contribution is 2.41. The predicted octanol–water partition coefficient (Wildman–Crippen LogP) is 3.58. The van der Waals surface area contributed by atoms with Crippen molar-refractivity contribution in [3.05, 3.63) is 30.1 Å². The number of H-pyrrole nitrogens is 1. The number of fused-ring (bicyclic) bond motifs is 1. The van der Waals surface area contributed by atoms with E-state index in [4.69, 9.17) is 23.9 Å². The zero-order chi connectivity index (χ0) is 24.3. The number of ketones is 1. The third-order valence-corrected chi connectivity index (χ3v) is 6.36. The zero-order valence-corrected chi connectivity index (χ0v) is 20.4. The largest absolute Gasteiger partial charge is 0.493 e. The molecular weight excluding hydrogens is 436 g/mol. The van der Waals surface area contributed by atoms with Gasteiger partial charge in [-0.25, -0.2) is 9.97 Å². The van der Waals surface area contributed by atoms with Gasteiger partial charge in [-0.2, -0.15) is 0 Å². The van der Waals surface area contributed by atoms with Crippen LogP contribution in [0.1, 0.15) is 30.6 Å². The number of aromatic amines is 1. The number of carbonyl (C=O) groups excluding carboxylic acids is 1. The summed E-state index contributed by atoms with van der Waals surface area (Å²) in [5, 5.41) is 0. The summed E-state index contributed by atoms with van der Waals surface area (Å²) in [6, 6.07) is 3.63. The molecule has 1 aromatic carbocycles. The quantitative estimate of drug-likeness (QED) is 0.476. The van der Waals surface area contributed by atoms with Gasteiger partial charge in [-0.3, -0.25) is 9.69 Å². The highest BCUT2D eigenvalue weighted by Gasteiger charge is 2.32. The molecule has 9 heteroatoms.